The van der Waals surface area contributed by atoms with Crippen LogP contribution in [0.25, 0.3) is 0 Å². The Labute approximate surface area is 122 Å². The predicted molar refractivity (Wildman–Crippen MR) is 78.1 cm³/mol. The van der Waals surface area contributed by atoms with Gasteiger partial charge in [-0.2, -0.15) is 0 Å². The van der Waals surface area contributed by atoms with Gasteiger partial charge in [-0.05, 0) is 24.1 Å². The average molecular weight is 296 g/mol. The summed E-state index contributed by atoms with van der Waals surface area (Å²) in [4.78, 5) is 2.23. The van der Waals surface area contributed by atoms with E-state index >= 15 is 0 Å². The number of nitrogens with zero attached hydrogens (tertiary/aromatic N) is 1. The smallest absolute Gasteiger partial charge is 0.119 e. The van der Waals surface area contributed by atoms with E-state index in [2.05, 4.69) is 31.0 Å². The van der Waals surface area contributed by atoms with Gasteiger partial charge in [-0.25, -0.2) is 0 Å². The highest BCUT2D eigenvalue weighted by molar-refractivity contribution is 6.36. The fourth-order valence-corrected chi connectivity index (χ4v) is 4.59. The zero-order valence-electron chi connectivity index (χ0n) is 10.9. The van der Waals surface area contributed by atoms with E-state index in [1.807, 2.05) is 12.1 Å². The van der Waals surface area contributed by atoms with Crippen molar-refractivity contribution in [3.8, 4) is 0 Å². The van der Waals surface area contributed by atoms with E-state index in [0.717, 1.165) is 17.8 Å². The molecule has 0 saturated carbocycles. The third-order valence-electron chi connectivity index (χ3n) is 4.87. The first-order valence-corrected chi connectivity index (χ1v) is 7.36. The highest BCUT2D eigenvalue weighted by Crippen LogP contribution is 2.58. The van der Waals surface area contributed by atoms with Crippen LogP contribution in [-0.4, -0.2) is 19.7 Å². The highest BCUT2D eigenvalue weighted by Gasteiger charge is 2.58. The predicted octanol–water partition coefficient (Wildman–Crippen LogP) is 3.86. The van der Waals surface area contributed by atoms with Crippen molar-refractivity contribution in [1.82, 2.24) is 0 Å². The Kier molecular flexibility index (Phi) is 2.34. The third kappa shape index (κ3) is 1.37. The van der Waals surface area contributed by atoms with Crippen LogP contribution in [0.5, 0.6) is 0 Å². The Morgan fingerprint density at radius 3 is 2.95 bits per heavy atom. The lowest BCUT2D eigenvalue weighted by molar-refractivity contribution is 0.00697. The fourth-order valence-electron chi connectivity index (χ4n) is 3.95. The quantitative estimate of drug-likeness (QED) is 0.674. The molecule has 3 aliphatic heterocycles. The summed E-state index contributed by atoms with van der Waals surface area (Å²) in [5.74, 6) is 0.993. The second-order valence-electron chi connectivity index (χ2n) is 5.86. The number of ether oxygens (including phenoxy) is 1. The van der Waals surface area contributed by atoms with Crippen molar-refractivity contribution < 1.29 is 4.74 Å². The molecular formula is C15H15Cl2NO. The van der Waals surface area contributed by atoms with Gasteiger partial charge in [0.15, 0.2) is 0 Å². The van der Waals surface area contributed by atoms with Crippen LogP contribution in [0.4, 0.5) is 5.69 Å². The summed E-state index contributed by atoms with van der Waals surface area (Å²) in [7, 11) is 2.09. The summed E-state index contributed by atoms with van der Waals surface area (Å²) >= 11 is 12.6. The van der Waals surface area contributed by atoms with E-state index in [0.29, 0.717) is 21.9 Å². The molecule has 4 unspecified atom stereocenters. The Morgan fingerprint density at radius 2 is 2.16 bits per heavy atom. The molecule has 4 atom stereocenters. The van der Waals surface area contributed by atoms with Crippen LogP contribution in [0.3, 0.4) is 0 Å². The number of fused-ring (bicyclic) bond motifs is 2. The summed E-state index contributed by atoms with van der Waals surface area (Å²) in [5, 5.41) is 1.38. The molecule has 4 rings (SSSR count). The zero-order valence-corrected chi connectivity index (χ0v) is 12.4. The molecule has 0 aliphatic carbocycles. The molecule has 1 fully saturated rings. The molecule has 100 valence electrons. The van der Waals surface area contributed by atoms with Gasteiger partial charge >= 0.3 is 0 Å². The van der Waals surface area contributed by atoms with E-state index < -0.39 is 0 Å². The lowest BCUT2D eigenvalue weighted by Gasteiger charge is -2.44. The Hall–Kier alpha value is -0.700. The van der Waals surface area contributed by atoms with Crippen LogP contribution < -0.4 is 4.90 Å². The second kappa shape index (κ2) is 3.69. The maximum Gasteiger partial charge on any atom is 0.119 e. The molecule has 1 aromatic rings. The summed E-state index contributed by atoms with van der Waals surface area (Å²) in [6, 6.07) is 3.82. The molecule has 0 radical (unpaired) electrons. The van der Waals surface area contributed by atoms with Crippen molar-refractivity contribution >= 4 is 28.9 Å². The second-order valence-corrected chi connectivity index (χ2v) is 6.71. The molecule has 1 aromatic carbocycles. The molecule has 0 N–H and O–H groups in total. The minimum atomic E-state index is -0.319. The molecule has 1 spiro atoms. The van der Waals surface area contributed by atoms with E-state index in [1.54, 1.807) is 0 Å². The van der Waals surface area contributed by atoms with Gasteiger partial charge in [-0.1, -0.05) is 36.2 Å². The molecule has 0 aromatic heterocycles. The van der Waals surface area contributed by atoms with Crippen LogP contribution >= 0.6 is 23.2 Å². The van der Waals surface area contributed by atoms with Crippen LogP contribution in [0.2, 0.25) is 10.0 Å². The van der Waals surface area contributed by atoms with Crippen LogP contribution in [-0.2, 0) is 10.3 Å². The third-order valence-corrected chi connectivity index (χ3v) is 5.38. The molecule has 2 nitrogen and oxygen atoms in total. The minimum absolute atomic E-state index is 0.224. The Balaban J connectivity index is 2.00. The van der Waals surface area contributed by atoms with Gasteiger partial charge in [0.2, 0.25) is 0 Å². The molecule has 4 heteroatoms. The van der Waals surface area contributed by atoms with Crippen LogP contribution in [0.15, 0.2) is 24.3 Å². The zero-order chi connectivity index (χ0) is 13.4. The molecule has 3 heterocycles. The maximum absolute atomic E-state index is 6.40. The van der Waals surface area contributed by atoms with Gasteiger partial charge in [-0.3, -0.25) is 0 Å². The van der Waals surface area contributed by atoms with Crippen molar-refractivity contribution in [2.75, 3.05) is 18.5 Å². The largest absolute Gasteiger partial charge is 0.373 e. The molecular weight excluding hydrogens is 281 g/mol. The monoisotopic (exact) mass is 295 g/mol. The number of rotatable bonds is 0. The van der Waals surface area contributed by atoms with Gasteiger partial charge < -0.3 is 9.64 Å². The van der Waals surface area contributed by atoms with E-state index in [9.17, 15) is 0 Å². The highest BCUT2D eigenvalue weighted by atomic mass is 35.5. The SMILES string of the molecule is CC1C2C=CC3(O2)c2cc(Cl)cc(Cl)c2N(C)CC13. The number of anilines is 1. The Morgan fingerprint density at radius 1 is 1.37 bits per heavy atom. The molecule has 19 heavy (non-hydrogen) atoms. The molecule has 2 bridgehead atoms. The van der Waals surface area contributed by atoms with Crippen molar-refractivity contribution in [1.29, 1.82) is 0 Å². The van der Waals surface area contributed by atoms with Gasteiger partial charge in [0.05, 0.1) is 16.8 Å². The number of benzene rings is 1. The van der Waals surface area contributed by atoms with Gasteiger partial charge in [0.25, 0.3) is 0 Å². The lowest BCUT2D eigenvalue weighted by atomic mass is 9.70. The number of halogens is 2. The van der Waals surface area contributed by atoms with E-state index in [4.69, 9.17) is 27.9 Å². The molecule has 3 aliphatic rings. The van der Waals surface area contributed by atoms with Crippen molar-refractivity contribution in [2.24, 2.45) is 11.8 Å². The van der Waals surface area contributed by atoms with Crippen molar-refractivity contribution in [2.45, 2.75) is 18.6 Å². The lowest BCUT2D eigenvalue weighted by Crippen LogP contribution is -2.45. The molecule has 1 saturated heterocycles. The first-order chi connectivity index (χ1) is 9.03. The van der Waals surface area contributed by atoms with E-state index in [-0.39, 0.29) is 11.7 Å². The topological polar surface area (TPSA) is 12.5 Å². The summed E-state index contributed by atoms with van der Waals surface area (Å²) in [5.41, 5.74) is 1.86. The normalized spacial score (nSPS) is 38.5. The maximum atomic E-state index is 6.40. The number of hydrogen-bond donors (Lipinski definition) is 0. The first kappa shape index (κ1) is 12.1. The van der Waals surface area contributed by atoms with E-state index in [1.165, 1.54) is 0 Å². The van der Waals surface area contributed by atoms with Gasteiger partial charge in [-0.15, -0.1) is 0 Å². The molecule has 0 amide bonds. The average Bonchev–Trinajstić information content (AvgIpc) is 2.87. The minimum Gasteiger partial charge on any atom is -0.373 e. The van der Waals surface area contributed by atoms with Crippen molar-refractivity contribution in [3.05, 3.63) is 39.9 Å². The van der Waals surface area contributed by atoms with Gasteiger partial charge in [0, 0.05) is 30.1 Å². The Bertz CT molecular complexity index is 600. The fraction of sp³-hybridized carbons (Fsp3) is 0.467. The van der Waals surface area contributed by atoms with Crippen LogP contribution in [0, 0.1) is 11.8 Å². The summed E-state index contributed by atoms with van der Waals surface area (Å²) in [6.45, 7) is 3.24. The summed E-state index contributed by atoms with van der Waals surface area (Å²) in [6.07, 6.45) is 4.62. The van der Waals surface area contributed by atoms with Crippen LogP contribution in [0.1, 0.15) is 12.5 Å². The number of hydrogen-bond acceptors (Lipinski definition) is 2. The van der Waals surface area contributed by atoms with Crippen molar-refractivity contribution in [3.63, 3.8) is 0 Å². The first-order valence-electron chi connectivity index (χ1n) is 6.61. The standard InChI is InChI=1S/C15H15Cl2NO/c1-8-11-7-18(2)14-10(5-9(16)6-12(14)17)15(11)4-3-13(8)19-15/h3-6,8,11,13H,7H2,1-2H3. The summed E-state index contributed by atoms with van der Waals surface area (Å²) < 4.78 is 6.31. The van der Waals surface area contributed by atoms with Gasteiger partial charge in [0.1, 0.15) is 5.60 Å².